The zero-order valence-electron chi connectivity index (χ0n) is 20.8. The molecule has 12 nitrogen and oxygen atoms in total. The van der Waals surface area contributed by atoms with Crippen molar-refractivity contribution >= 4 is 56.5 Å². The Morgan fingerprint density at radius 3 is 1.90 bits per heavy atom. The summed E-state index contributed by atoms with van der Waals surface area (Å²) in [6.07, 6.45) is 14.7. The predicted octanol–water partition coefficient (Wildman–Crippen LogP) is 1.29. The third-order valence-electron chi connectivity index (χ3n) is 8.95. The summed E-state index contributed by atoms with van der Waals surface area (Å²) in [5.41, 5.74) is 5.39. The van der Waals surface area contributed by atoms with Gasteiger partial charge in [0.05, 0.1) is 43.8 Å². The molecule has 41 heavy (non-hydrogen) atoms. The van der Waals surface area contributed by atoms with Crippen molar-refractivity contribution in [1.29, 1.82) is 0 Å². The van der Waals surface area contributed by atoms with Crippen molar-refractivity contribution in [2.24, 2.45) is 20.0 Å². The molecule has 186 valence electrons. The molecule has 1 spiro atoms. The fraction of sp³-hybridized carbons (Fsp3) is 0.0345. The average molecular weight is 528 g/mol. The van der Waals surface area contributed by atoms with Gasteiger partial charge in [0.1, 0.15) is 0 Å². The maximum Gasteiger partial charge on any atom is 0.404 e. The molecule has 0 fully saturated rings. The van der Waals surface area contributed by atoms with Gasteiger partial charge in [0, 0.05) is 49.6 Å². The van der Waals surface area contributed by atoms with Gasteiger partial charge < -0.3 is 0 Å². The Bertz CT molecular complexity index is 2470. The van der Waals surface area contributed by atoms with Crippen LogP contribution in [0.15, 0.2) is 93.8 Å². The van der Waals surface area contributed by atoms with Crippen LogP contribution in [0, 0.1) is 0 Å². The summed E-state index contributed by atoms with van der Waals surface area (Å²) in [6, 6.07) is 8.06. The molecule has 0 aromatic carbocycles. The molecular formula is C29H12N12+2. The smallest absolute Gasteiger partial charge is 0.264 e. The largest absolute Gasteiger partial charge is 0.404 e. The number of hydrogen-bond acceptors (Lipinski definition) is 8. The molecule has 6 aromatic rings. The summed E-state index contributed by atoms with van der Waals surface area (Å²) in [5.74, 6) is 3.71. The number of aliphatic imine (C=N–C) groups is 2. The second kappa shape index (κ2) is 5.77. The van der Waals surface area contributed by atoms with Gasteiger partial charge in [0.15, 0.2) is 0 Å². The Hall–Kier alpha value is -6.04. The summed E-state index contributed by atoms with van der Waals surface area (Å²) in [6.45, 7) is 0. The molecule has 0 bridgehead atoms. The molecule has 12 heterocycles. The summed E-state index contributed by atoms with van der Waals surface area (Å²) >= 11 is 0. The van der Waals surface area contributed by atoms with E-state index in [9.17, 15) is 0 Å². The Kier molecular flexibility index (Phi) is 2.69. The van der Waals surface area contributed by atoms with E-state index in [4.69, 9.17) is 20.0 Å². The van der Waals surface area contributed by atoms with Crippen LogP contribution < -0.4 is 11.0 Å². The number of pyridine rings is 4. The maximum absolute atomic E-state index is 5.32. The van der Waals surface area contributed by atoms with E-state index in [-0.39, 0.29) is 0 Å². The molecule has 6 aliphatic heterocycles. The molecule has 0 radical (unpaired) electrons. The van der Waals surface area contributed by atoms with Crippen molar-refractivity contribution < 1.29 is 9.15 Å². The molecule has 6 aromatic heterocycles. The van der Waals surface area contributed by atoms with Crippen LogP contribution in [0.25, 0.3) is 21.5 Å². The number of rotatable bonds is 0. The fourth-order valence-corrected chi connectivity index (χ4v) is 7.46. The van der Waals surface area contributed by atoms with E-state index in [1.807, 2.05) is 73.8 Å². The molecule has 12 heteroatoms. The number of nitrogens with zero attached hydrogens (tertiary/aromatic N) is 12. The average Bonchev–Trinajstić information content (AvgIpc) is 3.74. The number of fused-ring (bicyclic) bond motifs is 12. The van der Waals surface area contributed by atoms with Crippen LogP contribution in [0.4, 0.5) is 11.6 Å². The van der Waals surface area contributed by atoms with Crippen LogP contribution in [-0.4, -0.2) is 61.6 Å². The van der Waals surface area contributed by atoms with E-state index in [0.29, 0.717) is 0 Å². The standard InChI is InChI=1S/C29H12N12/c1-5-30-9-17-13(1)21-34-26-18-10-31-6-2-14(18)23-36-28-20-12-33-8-4-16(20)24-37-27-19-11-32-7-3-15(19)22-35-25(17)38(21)29(39(23)26,40(22)27)41(24)28/h1-12H/q+2. The molecule has 12 rings (SSSR count). The zero-order chi connectivity index (χ0) is 26.2. The summed E-state index contributed by atoms with van der Waals surface area (Å²) in [4.78, 5) is 39.3. The molecule has 1 atom stereocenters. The molecule has 1 unspecified atom stereocenters. The van der Waals surface area contributed by atoms with Crippen molar-refractivity contribution in [3.8, 4) is 0 Å². The highest BCUT2D eigenvalue weighted by atomic mass is 15.7. The molecule has 0 N–H and O–H groups in total. The molecule has 6 aliphatic rings. The van der Waals surface area contributed by atoms with Crippen LogP contribution in [0.1, 0.15) is 22.3 Å². The van der Waals surface area contributed by atoms with Gasteiger partial charge in [-0.2, -0.15) is 9.13 Å². The van der Waals surface area contributed by atoms with Gasteiger partial charge in [-0.1, -0.05) is 20.0 Å². The Morgan fingerprint density at radius 1 is 0.488 bits per heavy atom. The van der Waals surface area contributed by atoms with Crippen molar-refractivity contribution in [2.75, 3.05) is 0 Å². The first-order valence-electron chi connectivity index (χ1n) is 13.2. The van der Waals surface area contributed by atoms with Crippen LogP contribution in [0.5, 0.6) is 0 Å². The third kappa shape index (κ3) is 1.72. The van der Waals surface area contributed by atoms with Gasteiger partial charge in [-0.3, -0.25) is 19.9 Å². The molecule has 0 aliphatic carbocycles. The van der Waals surface area contributed by atoms with E-state index < -0.39 is 5.91 Å². The first-order valence-corrected chi connectivity index (χ1v) is 13.2. The van der Waals surface area contributed by atoms with Crippen LogP contribution in [-0.2, 0) is 5.91 Å². The van der Waals surface area contributed by atoms with Gasteiger partial charge in [0.25, 0.3) is 23.3 Å². The van der Waals surface area contributed by atoms with Gasteiger partial charge >= 0.3 is 5.91 Å². The second-order valence-electron chi connectivity index (χ2n) is 10.7. The summed E-state index contributed by atoms with van der Waals surface area (Å²) < 4.78 is 8.92. The lowest BCUT2D eigenvalue weighted by atomic mass is 10.1. The van der Waals surface area contributed by atoms with E-state index in [2.05, 4.69) is 38.2 Å². The quantitative estimate of drug-likeness (QED) is 0.276. The van der Waals surface area contributed by atoms with Crippen molar-refractivity contribution in [1.82, 2.24) is 29.1 Å². The van der Waals surface area contributed by atoms with Crippen molar-refractivity contribution in [3.05, 3.63) is 107 Å². The van der Waals surface area contributed by atoms with Gasteiger partial charge in [0.2, 0.25) is 22.6 Å². The van der Waals surface area contributed by atoms with Crippen molar-refractivity contribution in [3.63, 3.8) is 0 Å². The van der Waals surface area contributed by atoms with Gasteiger partial charge in [-0.25, -0.2) is 0 Å². The second-order valence-corrected chi connectivity index (χ2v) is 10.7. The first kappa shape index (κ1) is 19.1. The van der Waals surface area contributed by atoms with E-state index in [1.54, 1.807) is 0 Å². The lowest BCUT2D eigenvalue weighted by molar-refractivity contribution is -0.790. The normalized spacial score (nSPS) is 20.8. The lowest BCUT2D eigenvalue weighted by Gasteiger charge is -2.40. The van der Waals surface area contributed by atoms with E-state index >= 15 is 0 Å². The highest BCUT2D eigenvalue weighted by Crippen LogP contribution is 2.52. The van der Waals surface area contributed by atoms with Gasteiger partial charge in [-0.15, -0.1) is 9.15 Å². The summed E-state index contributed by atoms with van der Waals surface area (Å²) in [7, 11) is 0. The molecule has 0 saturated heterocycles. The lowest BCUT2D eigenvalue weighted by Crippen LogP contribution is -2.71. The Labute approximate surface area is 227 Å². The van der Waals surface area contributed by atoms with Crippen LogP contribution >= 0.6 is 0 Å². The highest BCUT2D eigenvalue weighted by Gasteiger charge is 2.69. The maximum atomic E-state index is 5.32. The van der Waals surface area contributed by atoms with Crippen molar-refractivity contribution in [2.45, 2.75) is 5.91 Å². The highest BCUT2D eigenvalue weighted by molar-refractivity contribution is 6.20. The SMILES string of the molecule is c1cc2c(cn1)C1=Nc3c4ccncc4c4n3C35n6c(c7ccncc7c6=NC2=[N+]13)=NC1=[N+]5C(=N4)c2ccncc21. The Morgan fingerprint density at radius 2 is 1.07 bits per heavy atom. The zero-order valence-corrected chi connectivity index (χ0v) is 20.8. The minimum Gasteiger partial charge on any atom is -0.264 e. The third-order valence-corrected chi connectivity index (χ3v) is 8.95. The minimum absolute atomic E-state index is 0.783. The summed E-state index contributed by atoms with van der Waals surface area (Å²) in [5, 5.41) is 3.81. The minimum atomic E-state index is -1.03. The molecule has 0 amide bonds. The topological polar surface area (TPSA) is 117 Å². The number of aromatic nitrogens is 6. The van der Waals surface area contributed by atoms with Crippen LogP contribution in [0.2, 0.25) is 0 Å². The monoisotopic (exact) mass is 528 g/mol. The first-order chi connectivity index (χ1) is 20.4. The number of amidine groups is 4. The molecule has 0 saturated carbocycles. The van der Waals surface area contributed by atoms with E-state index in [0.717, 1.165) is 89.8 Å². The Balaban J connectivity index is 1.45. The van der Waals surface area contributed by atoms with Gasteiger partial charge in [-0.05, 0) is 24.3 Å². The molecular weight excluding hydrogens is 516 g/mol. The predicted molar refractivity (Wildman–Crippen MR) is 145 cm³/mol. The van der Waals surface area contributed by atoms with E-state index in [1.165, 1.54) is 0 Å². The fourth-order valence-electron chi connectivity index (χ4n) is 7.46. The number of hydrogen-bond donors (Lipinski definition) is 0. The van der Waals surface area contributed by atoms with Crippen LogP contribution in [0.3, 0.4) is 0 Å².